The molecule has 0 spiro atoms. The van der Waals surface area contributed by atoms with E-state index in [9.17, 15) is 9.59 Å². The molecule has 1 aromatic carbocycles. The lowest BCUT2D eigenvalue weighted by molar-refractivity contribution is -0.135. The Bertz CT molecular complexity index is 867. The van der Waals surface area contributed by atoms with Crippen molar-refractivity contribution >= 4 is 27.7 Å². The summed E-state index contributed by atoms with van der Waals surface area (Å²) in [7, 11) is 0. The first-order valence-corrected chi connectivity index (χ1v) is 10.9. The summed E-state index contributed by atoms with van der Waals surface area (Å²) in [6.07, 6.45) is 3.66. The third-order valence-corrected chi connectivity index (χ3v) is 6.09. The first kappa shape index (κ1) is 20.0. The summed E-state index contributed by atoms with van der Waals surface area (Å²) < 4.78 is 12.4. The van der Waals surface area contributed by atoms with Gasteiger partial charge in [0.1, 0.15) is 18.1 Å². The maximum atomic E-state index is 12.8. The molecule has 0 saturated carbocycles. The molecule has 3 heterocycles. The predicted molar refractivity (Wildman–Crippen MR) is 112 cm³/mol. The van der Waals surface area contributed by atoms with Gasteiger partial charge in [0, 0.05) is 36.6 Å². The number of benzene rings is 1. The van der Waals surface area contributed by atoms with Crippen molar-refractivity contribution in [3.8, 4) is 5.75 Å². The van der Waals surface area contributed by atoms with E-state index in [4.69, 9.17) is 9.15 Å². The van der Waals surface area contributed by atoms with Crippen LogP contribution in [0, 0.1) is 5.92 Å². The number of hydrogen-bond donors (Lipinski definition) is 0. The summed E-state index contributed by atoms with van der Waals surface area (Å²) in [5, 5.41) is 0. The van der Waals surface area contributed by atoms with Crippen molar-refractivity contribution < 1.29 is 18.7 Å². The number of furan rings is 1. The van der Waals surface area contributed by atoms with Gasteiger partial charge in [-0.15, -0.1) is 0 Å². The van der Waals surface area contributed by atoms with E-state index in [1.165, 1.54) is 0 Å². The SMILES string of the molecule is O=C(c1ccc(COc2cccc(Br)c2)o1)N1CCC(C(=O)N2CCCC2)CC1. The standard InChI is InChI=1S/C22H25BrN2O4/c23-17-4-3-5-18(14-17)28-15-19-6-7-20(29-19)22(27)25-12-8-16(9-13-25)21(26)24-10-1-2-11-24/h3-7,14,16H,1-2,8-13,15H2. The molecule has 0 radical (unpaired) electrons. The number of carbonyl (C=O) groups excluding carboxylic acids is 2. The Morgan fingerprint density at radius 1 is 1.03 bits per heavy atom. The highest BCUT2D eigenvalue weighted by atomic mass is 79.9. The monoisotopic (exact) mass is 460 g/mol. The third kappa shape index (κ3) is 4.83. The molecule has 0 aliphatic carbocycles. The average molecular weight is 461 g/mol. The maximum Gasteiger partial charge on any atom is 0.289 e. The van der Waals surface area contributed by atoms with E-state index < -0.39 is 0 Å². The second-order valence-corrected chi connectivity index (χ2v) is 8.53. The largest absolute Gasteiger partial charge is 0.486 e. The van der Waals surface area contributed by atoms with Gasteiger partial charge in [0.2, 0.25) is 5.91 Å². The molecule has 6 nitrogen and oxygen atoms in total. The van der Waals surface area contributed by atoms with Gasteiger partial charge in [0.05, 0.1) is 0 Å². The van der Waals surface area contributed by atoms with Crippen LogP contribution in [0.15, 0.2) is 45.3 Å². The van der Waals surface area contributed by atoms with Crippen LogP contribution in [0.25, 0.3) is 0 Å². The van der Waals surface area contributed by atoms with E-state index in [0.29, 0.717) is 24.6 Å². The Balaban J connectivity index is 1.28. The second-order valence-electron chi connectivity index (χ2n) is 7.61. The highest BCUT2D eigenvalue weighted by Gasteiger charge is 2.32. The van der Waals surface area contributed by atoms with Gasteiger partial charge in [-0.2, -0.15) is 0 Å². The molecule has 154 valence electrons. The van der Waals surface area contributed by atoms with E-state index in [2.05, 4.69) is 15.9 Å². The number of rotatable bonds is 5. The summed E-state index contributed by atoms with van der Waals surface area (Å²) in [6, 6.07) is 11.0. The number of amides is 2. The fraction of sp³-hybridized carbons (Fsp3) is 0.455. The second kappa shape index (κ2) is 9.03. The molecular weight excluding hydrogens is 436 g/mol. The molecule has 0 N–H and O–H groups in total. The first-order chi connectivity index (χ1) is 14.1. The minimum absolute atomic E-state index is 0.0444. The zero-order chi connectivity index (χ0) is 20.2. The van der Waals surface area contributed by atoms with Crippen molar-refractivity contribution in [2.45, 2.75) is 32.3 Å². The minimum atomic E-state index is -0.120. The smallest absolute Gasteiger partial charge is 0.289 e. The van der Waals surface area contributed by atoms with Gasteiger partial charge in [-0.1, -0.05) is 22.0 Å². The van der Waals surface area contributed by atoms with Crippen molar-refractivity contribution in [1.29, 1.82) is 0 Å². The molecule has 2 aliphatic rings. The Labute approximate surface area is 178 Å². The number of nitrogens with zero attached hydrogens (tertiary/aromatic N) is 2. The Hall–Kier alpha value is -2.28. The fourth-order valence-electron chi connectivity index (χ4n) is 3.96. The topological polar surface area (TPSA) is 63.0 Å². The van der Waals surface area contributed by atoms with Crippen LogP contribution in [0.5, 0.6) is 5.75 Å². The van der Waals surface area contributed by atoms with Crippen molar-refractivity contribution in [2.75, 3.05) is 26.2 Å². The molecule has 2 fully saturated rings. The van der Waals surface area contributed by atoms with Crippen LogP contribution in [0.2, 0.25) is 0 Å². The van der Waals surface area contributed by atoms with E-state index >= 15 is 0 Å². The van der Waals surface area contributed by atoms with Crippen LogP contribution in [0.4, 0.5) is 0 Å². The number of carbonyl (C=O) groups is 2. The van der Waals surface area contributed by atoms with Crippen molar-refractivity contribution in [3.05, 3.63) is 52.4 Å². The third-order valence-electron chi connectivity index (χ3n) is 5.60. The van der Waals surface area contributed by atoms with E-state index in [0.717, 1.165) is 49.0 Å². The van der Waals surface area contributed by atoms with E-state index in [1.807, 2.05) is 29.2 Å². The quantitative estimate of drug-likeness (QED) is 0.673. The van der Waals surface area contributed by atoms with Gasteiger partial charge in [0.25, 0.3) is 5.91 Å². The predicted octanol–water partition coefficient (Wildman–Crippen LogP) is 4.10. The molecule has 29 heavy (non-hydrogen) atoms. The maximum absolute atomic E-state index is 12.8. The normalized spacial score (nSPS) is 17.6. The molecule has 0 unspecified atom stereocenters. The van der Waals surface area contributed by atoms with Crippen molar-refractivity contribution in [2.24, 2.45) is 5.92 Å². The van der Waals surface area contributed by atoms with Crippen LogP contribution < -0.4 is 4.74 Å². The molecule has 4 rings (SSSR count). The molecule has 2 aliphatic heterocycles. The summed E-state index contributed by atoms with van der Waals surface area (Å²) in [5.74, 6) is 1.84. The van der Waals surface area contributed by atoms with Crippen LogP contribution in [0.3, 0.4) is 0 Å². The molecule has 7 heteroatoms. The van der Waals surface area contributed by atoms with Gasteiger partial charge in [-0.25, -0.2) is 0 Å². The van der Waals surface area contributed by atoms with Gasteiger partial charge >= 0.3 is 0 Å². The summed E-state index contributed by atoms with van der Waals surface area (Å²) in [5.41, 5.74) is 0. The molecule has 1 aromatic heterocycles. The Morgan fingerprint density at radius 2 is 1.79 bits per heavy atom. The lowest BCUT2D eigenvalue weighted by Crippen LogP contribution is -2.43. The number of hydrogen-bond acceptors (Lipinski definition) is 4. The van der Waals surface area contributed by atoms with Crippen LogP contribution in [-0.2, 0) is 11.4 Å². The lowest BCUT2D eigenvalue weighted by Gasteiger charge is -2.32. The average Bonchev–Trinajstić information content (AvgIpc) is 3.44. The molecular formula is C22H25BrN2O4. The number of halogens is 1. The van der Waals surface area contributed by atoms with Crippen LogP contribution >= 0.6 is 15.9 Å². The van der Waals surface area contributed by atoms with E-state index in [-0.39, 0.29) is 24.3 Å². The van der Waals surface area contributed by atoms with Gasteiger partial charge in [-0.05, 0) is 56.0 Å². The number of likely N-dealkylation sites (tertiary alicyclic amines) is 2. The van der Waals surface area contributed by atoms with Gasteiger partial charge in [-0.3, -0.25) is 9.59 Å². The molecule has 2 aromatic rings. The van der Waals surface area contributed by atoms with E-state index in [1.54, 1.807) is 17.0 Å². The molecule has 0 atom stereocenters. The highest BCUT2D eigenvalue weighted by Crippen LogP contribution is 2.24. The zero-order valence-corrected chi connectivity index (χ0v) is 17.9. The lowest BCUT2D eigenvalue weighted by atomic mass is 9.95. The fourth-order valence-corrected chi connectivity index (χ4v) is 4.34. The highest BCUT2D eigenvalue weighted by molar-refractivity contribution is 9.10. The van der Waals surface area contributed by atoms with Gasteiger partial charge < -0.3 is 19.0 Å². The Morgan fingerprint density at radius 3 is 2.52 bits per heavy atom. The van der Waals surface area contributed by atoms with Gasteiger partial charge in [0.15, 0.2) is 5.76 Å². The number of piperidine rings is 1. The zero-order valence-electron chi connectivity index (χ0n) is 16.3. The Kier molecular flexibility index (Phi) is 6.23. The summed E-state index contributed by atoms with van der Waals surface area (Å²) >= 11 is 3.41. The first-order valence-electron chi connectivity index (χ1n) is 10.2. The van der Waals surface area contributed by atoms with Crippen molar-refractivity contribution in [1.82, 2.24) is 9.80 Å². The summed E-state index contributed by atoms with van der Waals surface area (Å²) in [4.78, 5) is 29.1. The molecule has 2 amide bonds. The molecule has 2 saturated heterocycles. The van der Waals surface area contributed by atoms with Crippen molar-refractivity contribution in [3.63, 3.8) is 0 Å². The van der Waals surface area contributed by atoms with Crippen LogP contribution in [-0.4, -0.2) is 47.8 Å². The minimum Gasteiger partial charge on any atom is -0.486 e. The number of ether oxygens (including phenoxy) is 1. The van der Waals surface area contributed by atoms with Crippen LogP contribution in [0.1, 0.15) is 42.0 Å². The summed E-state index contributed by atoms with van der Waals surface area (Å²) in [6.45, 7) is 3.21. The molecule has 0 bridgehead atoms.